The molecular formula is C16H12FNO3. The molecule has 0 spiro atoms. The number of rotatable bonds is 2. The zero-order valence-electron chi connectivity index (χ0n) is 11.0. The summed E-state index contributed by atoms with van der Waals surface area (Å²) in [6.07, 6.45) is 0. The van der Waals surface area contributed by atoms with Gasteiger partial charge in [0.1, 0.15) is 24.7 Å². The lowest BCUT2D eigenvalue weighted by Gasteiger charge is -2.13. The second kappa shape index (κ2) is 5.36. The number of ether oxygens (including phenoxy) is 1. The summed E-state index contributed by atoms with van der Waals surface area (Å²) in [6.45, 7) is 0.0352. The molecule has 0 aromatic heterocycles. The van der Waals surface area contributed by atoms with Gasteiger partial charge in [-0.2, -0.15) is 0 Å². The summed E-state index contributed by atoms with van der Waals surface area (Å²) in [5.41, 5.74) is 2.27. The van der Waals surface area contributed by atoms with Gasteiger partial charge in [0, 0.05) is 11.1 Å². The average molecular weight is 285 g/mol. The molecule has 0 amide bonds. The van der Waals surface area contributed by atoms with Gasteiger partial charge < -0.3 is 9.84 Å². The molecule has 0 atom stereocenters. The van der Waals surface area contributed by atoms with Crippen LogP contribution in [0.15, 0.2) is 47.5 Å². The summed E-state index contributed by atoms with van der Waals surface area (Å²) in [5.74, 6) is -0.633. The van der Waals surface area contributed by atoms with Crippen LogP contribution in [0.4, 0.5) is 4.39 Å². The Hall–Kier alpha value is -2.69. The number of nitrogens with zero attached hydrogens (tertiary/aromatic N) is 1. The van der Waals surface area contributed by atoms with Gasteiger partial charge in [-0.15, -0.1) is 0 Å². The zero-order chi connectivity index (χ0) is 14.8. The van der Waals surface area contributed by atoms with Crippen molar-refractivity contribution in [1.82, 2.24) is 0 Å². The van der Waals surface area contributed by atoms with Gasteiger partial charge in [0.25, 0.3) is 0 Å². The Kier molecular flexibility index (Phi) is 3.39. The molecule has 21 heavy (non-hydrogen) atoms. The highest BCUT2D eigenvalue weighted by atomic mass is 19.1. The quantitative estimate of drug-likeness (QED) is 0.863. The Morgan fingerprint density at radius 3 is 2.43 bits per heavy atom. The number of benzene rings is 2. The van der Waals surface area contributed by atoms with Crippen LogP contribution < -0.4 is 0 Å². The van der Waals surface area contributed by atoms with Gasteiger partial charge in [-0.1, -0.05) is 24.3 Å². The monoisotopic (exact) mass is 285 g/mol. The Morgan fingerprint density at radius 1 is 1.10 bits per heavy atom. The molecule has 1 aliphatic rings. The molecule has 0 saturated carbocycles. The third kappa shape index (κ3) is 2.76. The van der Waals surface area contributed by atoms with Crippen molar-refractivity contribution in [3.8, 4) is 16.9 Å². The predicted octanol–water partition coefficient (Wildman–Crippen LogP) is 2.54. The van der Waals surface area contributed by atoms with E-state index in [0.717, 1.165) is 0 Å². The Bertz CT molecular complexity index is 723. The number of carbonyl (C=O) groups excluding carboxylic acids is 1. The van der Waals surface area contributed by atoms with Crippen LogP contribution in [-0.2, 0) is 9.53 Å². The molecule has 106 valence electrons. The lowest BCUT2D eigenvalue weighted by Crippen LogP contribution is -2.23. The minimum Gasteiger partial charge on any atom is -0.508 e. The van der Waals surface area contributed by atoms with Gasteiger partial charge in [0.2, 0.25) is 0 Å². The third-order valence-electron chi connectivity index (χ3n) is 3.25. The van der Waals surface area contributed by atoms with Crippen LogP contribution in [0.1, 0.15) is 5.56 Å². The molecule has 1 aliphatic heterocycles. The number of phenols is 1. The van der Waals surface area contributed by atoms with Crippen LogP contribution in [0.2, 0.25) is 0 Å². The maximum absolute atomic E-state index is 14.2. The topological polar surface area (TPSA) is 58.9 Å². The first-order valence-corrected chi connectivity index (χ1v) is 6.42. The SMILES string of the molecule is O=C1CN=C(c2ccc(-c3ccc(O)cc3)c(F)c2)CO1. The van der Waals surface area contributed by atoms with Crippen LogP contribution >= 0.6 is 0 Å². The van der Waals surface area contributed by atoms with Crippen molar-refractivity contribution in [1.29, 1.82) is 0 Å². The molecule has 1 N–H and O–H groups in total. The first-order chi connectivity index (χ1) is 10.1. The number of cyclic esters (lactones) is 1. The lowest BCUT2D eigenvalue weighted by molar-refractivity contribution is -0.140. The van der Waals surface area contributed by atoms with E-state index in [1.54, 1.807) is 24.3 Å². The second-order valence-electron chi connectivity index (χ2n) is 4.67. The van der Waals surface area contributed by atoms with Crippen molar-refractivity contribution < 1.29 is 19.0 Å². The summed E-state index contributed by atoms with van der Waals surface area (Å²) < 4.78 is 19.1. The second-order valence-corrected chi connectivity index (χ2v) is 4.67. The van der Waals surface area contributed by atoms with Gasteiger partial charge >= 0.3 is 5.97 Å². The van der Waals surface area contributed by atoms with Gasteiger partial charge in [0.15, 0.2) is 0 Å². The first-order valence-electron chi connectivity index (χ1n) is 6.42. The highest BCUT2D eigenvalue weighted by Gasteiger charge is 2.15. The molecule has 0 bridgehead atoms. The van der Waals surface area contributed by atoms with Gasteiger partial charge in [-0.25, -0.2) is 4.39 Å². The highest BCUT2D eigenvalue weighted by molar-refractivity contribution is 6.04. The van der Waals surface area contributed by atoms with Gasteiger partial charge in [0.05, 0.1) is 5.71 Å². The molecule has 0 unspecified atom stereocenters. The van der Waals surface area contributed by atoms with Gasteiger partial charge in [-0.3, -0.25) is 9.79 Å². The van der Waals surface area contributed by atoms with E-state index < -0.39 is 5.82 Å². The van der Waals surface area contributed by atoms with Crippen molar-refractivity contribution in [3.63, 3.8) is 0 Å². The number of esters is 1. The molecule has 0 aliphatic carbocycles. The number of halogens is 1. The fraction of sp³-hybridized carbons (Fsp3) is 0.125. The van der Waals surface area contributed by atoms with E-state index in [9.17, 15) is 14.3 Å². The molecule has 0 fully saturated rings. The summed E-state index contributed by atoms with van der Waals surface area (Å²) in [5, 5.41) is 9.26. The van der Waals surface area contributed by atoms with Crippen molar-refractivity contribution in [2.75, 3.05) is 13.2 Å². The molecule has 5 heteroatoms. The van der Waals surface area contributed by atoms with Crippen molar-refractivity contribution in [2.24, 2.45) is 4.99 Å². The maximum atomic E-state index is 14.2. The summed E-state index contributed by atoms with van der Waals surface area (Å²) in [7, 11) is 0. The predicted molar refractivity (Wildman–Crippen MR) is 75.9 cm³/mol. The van der Waals surface area contributed by atoms with E-state index in [4.69, 9.17) is 4.74 Å². The molecule has 2 aromatic carbocycles. The Labute approximate surface area is 120 Å². The number of aromatic hydroxyl groups is 1. The smallest absolute Gasteiger partial charge is 0.328 e. The fourth-order valence-electron chi connectivity index (χ4n) is 2.14. The first kappa shape index (κ1) is 13.3. The lowest BCUT2D eigenvalue weighted by atomic mass is 10.0. The normalized spacial score (nSPS) is 14.5. The van der Waals surface area contributed by atoms with E-state index in [1.807, 2.05) is 0 Å². The molecule has 1 heterocycles. The van der Waals surface area contributed by atoms with Crippen LogP contribution in [0, 0.1) is 5.82 Å². The largest absolute Gasteiger partial charge is 0.508 e. The number of aliphatic imine (C=N–C) groups is 1. The molecule has 4 nitrogen and oxygen atoms in total. The third-order valence-corrected chi connectivity index (χ3v) is 3.25. The van der Waals surface area contributed by atoms with E-state index in [-0.39, 0.29) is 24.9 Å². The summed E-state index contributed by atoms with van der Waals surface area (Å²) in [4.78, 5) is 15.0. The molecule has 0 saturated heterocycles. The van der Waals surface area contributed by atoms with Gasteiger partial charge in [-0.05, 0) is 23.8 Å². The fourth-order valence-corrected chi connectivity index (χ4v) is 2.14. The highest BCUT2D eigenvalue weighted by Crippen LogP contribution is 2.25. The number of hydrogen-bond donors (Lipinski definition) is 1. The average Bonchev–Trinajstić information content (AvgIpc) is 2.49. The van der Waals surface area contributed by atoms with E-state index in [0.29, 0.717) is 22.4 Å². The van der Waals surface area contributed by atoms with E-state index >= 15 is 0 Å². The van der Waals surface area contributed by atoms with Crippen LogP contribution in [0.3, 0.4) is 0 Å². The zero-order valence-corrected chi connectivity index (χ0v) is 11.0. The maximum Gasteiger partial charge on any atom is 0.328 e. The van der Waals surface area contributed by atoms with E-state index in [1.165, 1.54) is 18.2 Å². The number of phenolic OH excluding ortho intramolecular Hbond substituents is 1. The Morgan fingerprint density at radius 2 is 1.81 bits per heavy atom. The number of carbonyl (C=O) groups is 1. The molecule has 2 aromatic rings. The van der Waals surface area contributed by atoms with Crippen LogP contribution in [0.25, 0.3) is 11.1 Å². The van der Waals surface area contributed by atoms with Crippen molar-refractivity contribution in [3.05, 3.63) is 53.8 Å². The standard InChI is InChI=1S/C16H12FNO3/c17-14-7-11(15-9-21-16(20)8-18-15)3-6-13(14)10-1-4-12(19)5-2-10/h1-7,19H,8-9H2. The van der Waals surface area contributed by atoms with E-state index in [2.05, 4.69) is 4.99 Å². The Balaban J connectivity index is 1.93. The molecule has 0 radical (unpaired) electrons. The molecular weight excluding hydrogens is 273 g/mol. The molecule has 3 rings (SSSR count). The van der Waals surface area contributed by atoms with Crippen molar-refractivity contribution in [2.45, 2.75) is 0 Å². The minimum absolute atomic E-state index is 0.0311. The number of hydrogen-bond acceptors (Lipinski definition) is 4. The van der Waals surface area contributed by atoms with Crippen LogP contribution in [-0.4, -0.2) is 29.9 Å². The summed E-state index contributed by atoms with van der Waals surface area (Å²) >= 11 is 0. The summed E-state index contributed by atoms with van der Waals surface area (Å²) in [6, 6.07) is 11.1. The van der Waals surface area contributed by atoms with Crippen molar-refractivity contribution >= 4 is 11.7 Å². The minimum atomic E-state index is -0.391. The van der Waals surface area contributed by atoms with Crippen LogP contribution in [0.5, 0.6) is 5.75 Å².